The number of ether oxygens (including phenoxy) is 1. The molecule has 1 amide bonds. The molecule has 0 N–H and O–H groups in total. The molecule has 5 heteroatoms. The number of pyridine rings is 1. The molecule has 0 aromatic carbocycles. The highest BCUT2D eigenvalue weighted by Gasteiger charge is 2.36. The second-order valence-electron chi connectivity index (χ2n) is 6.06. The maximum absolute atomic E-state index is 12.9. The lowest BCUT2D eigenvalue weighted by Crippen LogP contribution is -2.54. The summed E-state index contributed by atoms with van der Waals surface area (Å²) in [6.45, 7) is 1.35. The van der Waals surface area contributed by atoms with Crippen molar-refractivity contribution in [2.75, 3.05) is 32.1 Å². The van der Waals surface area contributed by atoms with Gasteiger partial charge in [0.1, 0.15) is 5.82 Å². The largest absolute Gasteiger partial charge is 0.374 e. The second-order valence-corrected chi connectivity index (χ2v) is 6.06. The molecule has 1 saturated carbocycles. The minimum atomic E-state index is 0.112. The summed E-state index contributed by atoms with van der Waals surface area (Å²) in [5, 5.41) is 0. The first-order valence-electron chi connectivity index (χ1n) is 7.73. The Kier molecular flexibility index (Phi) is 4.10. The van der Waals surface area contributed by atoms with Gasteiger partial charge in [0.15, 0.2) is 0 Å². The number of fused-ring (bicyclic) bond motifs is 1. The van der Waals surface area contributed by atoms with Crippen molar-refractivity contribution >= 4 is 11.7 Å². The summed E-state index contributed by atoms with van der Waals surface area (Å²) in [4.78, 5) is 21.1. The quantitative estimate of drug-likeness (QED) is 0.834. The van der Waals surface area contributed by atoms with Gasteiger partial charge in [0.2, 0.25) is 0 Å². The van der Waals surface area contributed by atoms with E-state index in [2.05, 4.69) is 4.98 Å². The van der Waals surface area contributed by atoms with Gasteiger partial charge in [-0.1, -0.05) is 12.8 Å². The highest BCUT2D eigenvalue weighted by molar-refractivity contribution is 5.95. The first kappa shape index (κ1) is 14.3. The molecule has 2 heterocycles. The van der Waals surface area contributed by atoms with Gasteiger partial charge in [0.05, 0.1) is 18.8 Å². The molecule has 5 nitrogen and oxygen atoms in total. The van der Waals surface area contributed by atoms with Crippen LogP contribution in [0.1, 0.15) is 36.0 Å². The van der Waals surface area contributed by atoms with Crippen LogP contribution in [0.25, 0.3) is 0 Å². The van der Waals surface area contributed by atoms with E-state index in [4.69, 9.17) is 4.74 Å². The number of carbonyl (C=O) groups excluding carboxylic acids is 1. The smallest absolute Gasteiger partial charge is 0.254 e. The number of anilines is 1. The number of carbonyl (C=O) groups is 1. The van der Waals surface area contributed by atoms with Crippen LogP contribution in [0.15, 0.2) is 18.3 Å². The van der Waals surface area contributed by atoms with Crippen LogP contribution in [0.5, 0.6) is 0 Å². The standard InChI is InChI=1S/C16H23N3O2/c1-18(2)15-11-12(7-8-17-15)16(20)19-9-10-21-14-6-4-3-5-13(14)19/h7-8,11,13-14H,3-6,9-10H2,1-2H3/t13-,14-/m1/s1. The fourth-order valence-corrected chi connectivity index (χ4v) is 3.31. The first-order chi connectivity index (χ1) is 10.2. The zero-order valence-electron chi connectivity index (χ0n) is 12.8. The third kappa shape index (κ3) is 2.88. The van der Waals surface area contributed by atoms with E-state index in [1.165, 1.54) is 12.8 Å². The zero-order chi connectivity index (χ0) is 14.8. The Morgan fingerprint density at radius 2 is 2.19 bits per heavy atom. The van der Waals surface area contributed by atoms with Gasteiger partial charge in [0.25, 0.3) is 5.91 Å². The summed E-state index contributed by atoms with van der Waals surface area (Å²) in [6.07, 6.45) is 6.47. The number of nitrogens with zero attached hydrogens (tertiary/aromatic N) is 3. The fourth-order valence-electron chi connectivity index (χ4n) is 3.31. The van der Waals surface area contributed by atoms with E-state index in [9.17, 15) is 4.79 Å². The summed E-state index contributed by atoms with van der Waals surface area (Å²) < 4.78 is 5.85. The Hall–Kier alpha value is -1.62. The van der Waals surface area contributed by atoms with Crippen LogP contribution in [-0.4, -0.2) is 55.2 Å². The number of amides is 1. The second kappa shape index (κ2) is 6.02. The predicted octanol–water partition coefficient (Wildman–Crippen LogP) is 1.93. The van der Waals surface area contributed by atoms with Crippen LogP contribution in [0, 0.1) is 0 Å². The minimum Gasteiger partial charge on any atom is -0.374 e. The summed E-state index contributed by atoms with van der Waals surface area (Å²) in [6, 6.07) is 3.93. The number of hydrogen-bond donors (Lipinski definition) is 0. The lowest BCUT2D eigenvalue weighted by molar-refractivity contribution is -0.0752. The van der Waals surface area contributed by atoms with Crippen LogP contribution in [-0.2, 0) is 4.74 Å². The minimum absolute atomic E-state index is 0.112. The molecule has 1 saturated heterocycles. The SMILES string of the molecule is CN(C)c1cc(C(=O)N2CCO[C@@H]3CCCC[C@H]32)ccn1. The van der Waals surface area contributed by atoms with E-state index in [0.717, 1.165) is 24.2 Å². The molecular weight excluding hydrogens is 266 g/mol. The van der Waals surface area contributed by atoms with Crippen molar-refractivity contribution in [1.82, 2.24) is 9.88 Å². The molecule has 1 aromatic heterocycles. The van der Waals surface area contributed by atoms with E-state index in [1.54, 1.807) is 6.20 Å². The van der Waals surface area contributed by atoms with Crippen molar-refractivity contribution < 1.29 is 9.53 Å². The fraction of sp³-hybridized carbons (Fsp3) is 0.625. The van der Waals surface area contributed by atoms with E-state index in [-0.39, 0.29) is 18.1 Å². The molecule has 0 unspecified atom stereocenters. The zero-order valence-corrected chi connectivity index (χ0v) is 12.8. The Labute approximate surface area is 125 Å². The van der Waals surface area contributed by atoms with Gasteiger partial charge in [-0.2, -0.15) is 0 Å². The summed E-state index contributed by atoms with van der Waals surface area (Å²) in [5.74, 6) is 0.926. The molecule has 0 spiro atoms. The molecule has 0 radical (unpaired) electrons. The highest BCUT2D eigenvalue weighted by Crippen LogP contribution is 2.29. The van der Waals surface area contributed by atoms with Crippen LogP contribution in [0.3, 0.4) is 0 Å². The van der Waals surface area contributed by atoms with Gasteiger partial charge < -0.3 is 14.5 Å². The molecule has 1 aliphatic carbocycles. The van der Waals surface area contributed by atoms with Gasteiger partial charge >= 0.3 is 0 Å². The number of hydrogen-bond acceptors (Lipinski definition) is 4. The molecule has 1 aliphatic heterocycles. The van der Waals surface area contributed by atoms with E-state index < -0.39 is 0 Å². The highest BCUT2D eigenvalue weighted by atomic mass is 16.5. The van der Waals surface area contributed by atoms with E-state index in [1.807, 2.05) is 36.0 Å². The van der Waals surface area contributed by atoms with Gasteiger partial charge in [-0.25, -0.2) is 4.98 Å². The number of aromatic nitrogens is 1. The van der Waals surface area contributed by atoms with Gasteiger partial charge in [-0.05, 0) is 25.0 Å². The van der Waals surface area contributed by atoms with Crippen molar-refractivity contribution in [3.63, 3.8) is 0 Å². The van der Waals surface area contributed by atoms with E-state index >= 15 is 0 Å². The summed E-state index contributed by atoms with van der Waals surface area (Å²) in [5.41, 5.74) is 0.722. The average molecular weight is 289 g/mol. The Morgan fingerprint density at radius 1 is 1.38 bits per heavy atom. The van der Waals surface area contributed by atoms with E-state index in [0.29, 0.717) is 13.2 Å². The van der Waals surface area contributed by atoms with Gasteiger partial charge in [-0.3, -0.25) is 4.79 Å². The Morgan fingerprint density at radius 3 is 3.00 bits per heavy atom. The lowest BCUT2D eigenvalue weighted by atomic mass is 9.90. The summed E-state index contributed by atoms with van der Waals surface area (Å²) >= 11 is 0. The van der Waals surface area contributed by atoms with Gasteiger partial charge in [0, 0.05) is 32.4 Å². The normalized spacial score (nSPS) is 25.3. The average Bonchev–Trinajstić information content (AvgIpc) is 2.53. The maximum atomic E-state index is 12.9. The van der Waals surface area contributed by atoms with Crippen LogP contribution < -0.4 is 4.90 Å². The molecule has 2 aliphatic rings. The molecular formula is C16H23N3O2. The maximum Gasteiger partial charge on any atom is 0.254 e. The van der Waals surface area contributed by atoms with Crippen molar-refractivity contribution in [1.29, 1.82) is 0 Å². The third-order valence-corrected chi connectivity index (χ3v) is 4.44. The predicted molar refractivity (Wildman–Crippen MR) is 81.6 cm³/mol. The monoisotopic (exact) mass is 289 g/mol. The number of morpholine rings is 1. The van der Waals surface area contributed by atoms with Crippen LogP contribution in [0.4, 0.5) is 5.82 Å². The molecule has 2 fully saturated rings. The van der Waals surface area contributed by atoms with Gasteiger partial charge in [-0.15, -0.1) is 0 Å². The molecule has 1 aromatic rings. The molecule has 2 atom stereocenters. The molecule has 0 bridgehead atoms. The van der Waals surface area contributed by atoms with Crippen molar-refractivity contribution in [2.24, 2.45) is 0 Å². The number of rotatable bonds is 2. The molecule has 114 valence electrons. The molecule has 21 heavy (non-hydrogen) atoms. The third-order valence-electron chi connectivity index (χ3n) is 4.44. The Bertz CT molecular complexity index is 516. The lowest BCUT2D eigenvalue weighted by Gasteiger charge is -2.43. The van der Waals surface area contributed by atoms with Crippen molar-refractivity contribution in [3.05, 3.63) is 23.9 Å². The van der Waals surface area contributed by atoms with Crippen LogP contribution in [0.2, 0.25) is 0 Å². The molecule has 3 rings (SSSR count). The van der Waals surface area contributed by atoms with Crippen LogP contribution >= 0.6 is 0 Å². The van der Waals surface area contributed by atoms with Crippen molar-refractivity contribution in [2.45, 2.75) is 37.8 Å². The topological polar surface area (TPSA) is 45.7 Å². The van der Waals surface area contributed by atoms with Crippen molar-refractivity contribution in [3.8, 4) is 0 Å². The Balaban J connectivity index is 1.81. The first-order valence-corrected chi connectivity index (χ1v) is 7.73. The summed E-state index contributed by atoms with van der Waals surface area (Å²) in [7, 11) is 3.87.